The molecule has 2 nitrogen and oxygen atoms in total. The quantitative estimate of drug-likeness (QED) is 0.839. The van der Waals surface area contributed by atoms with Crippen molar-refractivity contribution >= 4 is 21.6 Å². The summed E-state index contributed by atoms with van der Waals surface area (Å²) in [5, 5.41) is 13.0. The zero-order chi connectivity index (χ0) is 14.0. The van der Waals surface area contributed by atoms with Crippen LogP contribution in [-0.4, -0.2) is 5.11 Å². The molecule has 0 heterocycles. The van der Waals surface area contributed by atoms with E-state index in [1.807, 2.05) is 12.1 Å². The lowest BCUT2D eigenvalue weighted by atomic mass is 10.1. The topological polar surface area (TPSA) is 32.3 Å². The van der Waals surface area contributed by atoms with Crippen molar-refractivity contribution in [3.8, 4) is 5.75 Å². The summed E-state index contributed by atoms with van der Waals surface area (Å²) in [4.78, 5) is 0. The van der Waals surface area contributed by atoms with Crippen molar-refractivity contribution in [1.29, 1.82) is 0 Å². The van der Waals surface area contributed by atoms with E-state index in [4.69, 9.17) is 0 Å². The molecule has 0 saturated carbocycles. The Morgan fingerprint density at radius 2 is 1.74 bits per heavy atom. The molecule has 2 aromatic carbocycles. The summed E-state index contributed by atoms with van der Waals surface area (Å²) in [6.07, 6.45) is 0. The second-order valence-electron chi connectivity index (χ2n) is 4.89. The fraction of sp³-hybridized carbons (Fsp3) is 0.250. The number of benzene rings is 2. The Bertz CT molecular complexity index is 572. The third-order valence-corrected chi connectivity index (χ3v) is 4.44. The number of aromatic hydroxyl groups is 1. The minimum Gasteiger partial charge on any atom is -0.508 e. The molecule has 2 rings (SSSR count). The monoisotopic (exact) mass is 319 g/mol. The van der Waals surface area contributed by atoms with Gasteiger partial charge in [-0.1, -0.05) is 28.1 Å². The highest BCUT2D eigenvalue weighted by Crippen LogP contribution is 2.28. The van der Waals surface area contributed by atoms with Crippen LogP contribution in [0.2, 0.25) is 0 Å². The molecule has 0 aliphatic carbocycles. The molecule has 0 fully saturated rings. The van der Waals surface area contributed by atoms with E-state index in [-0.39, 0.29) is 6.04 Å². The number of hydrogen-bond acceptors (Lipinski definition) is 2. The molecule has 0 radical (unpaired) electrons. The number of halogens is 1. The van der Waals surface area contributed by atoms with Gasteiger partial charge in [0.2, 0.25) is 0 Å². The highest BCUT2D eigenvalue weighted by Gasteiger charge is 2.08. The highest BCUT2D eigenvalue weighted by molar-refractivity contribution is 9.10. The lowest BCUT2D eigenvalue weighted by Gasteiger charge is -2.17. The molecular weight excluding hydrogens is 302 g/mol. The summed E-state index contributed by atoms with van der Waals surface area (Å²) >= 11 is 3.57. The van der Waals surface area contributed by atoms with E-state index in [0.29, 0.717) is 5.75 Å². The van der Waals surface area contributed by atoms with Gasteiger partial charge in [-0.3, -0.25) is 0 Å². The van der Waals surface area contributed by atoms with Gasteiger partial charge in [0, 0.05) is 16.2 Å². The number of rotatable bonds is 3. The van der Waals surface area contributed by atoms with Gasteiger partial charge in [0.1, 0.15) is 5.75 Å². The van der Waals surface area contributed by atoms with Gasteiger partial charge in [-0.25, -0.2) is 0 Å². The molecule has 100 valence electrons. The largest absolute Gasteiger partial charge is 0.508 e. The Hall–Kier alpha value is -1.48. The van der Waals surface area contributed by atoms with Crippen LogP contribution >= 0.6 is 15.9 Å². The summed E-state index contributed by atoms with van der Waals surface area (Å²) in [5.74, 6) is 0.300. The molecule has 0 aromatic heterocycles. The van der Waals surface area contributed by atoms with Crippen molar-refractivity contribution in [2.75, 3.05) is 5.32 Å². The number of nitrogens with one attached hydrogen (secondary N) is 1. The predicted molar refractivity (Wildman–Crippen MR) is 83.8 cm³/mol. The maximum atomic E-state index is 9.52. The number of phenolic OH excluding ortho intramolecular Hbond substituents is 1. The third kappa shape index (κ3) is 3.29. The zero-order valence-electron chi connectivity index (χ0n) is 11.4. The average molecular weight is 320 g/mol. The van der Waals surface area contributed by atoms with Crippen molar-refractivity contribution < 1.29 is 5.11 Å². The van der Waals surface area contributed by atoms with Gasteiger partial charge in [0.25, 0.3) is 0 Å². The van der Waals surface area contributed by atoms with Crippen LogP contribution in [0.3, 0.4) is 0 Å². The van der Waals surface area contributed by atoms with Crippen molar-refractivity contribution in [3.05, 3.63) is 57.6 Å². The first-order chi connectivity index (χ1) is 8.97. The minimum absolute atomic E-state index is 0.145. The van der Waals surface area contributed by atoms with Crippen LogP contribution < -0.4 is 5.32 Å². The second kappa shape index (κ2) is 5.66. The molecule has 0 spiro atoms. The standard InChI is InChI=1S/C16H18BrNO/c1-10-7-14(8-11(2)16(10)17)18-12(3)13-5-4-6-15(19)9-13/h4-9,12,18-19H,1-3H3. The van der Waals surface area contributed by atoms with Gasteiger partial charge in [-0.05, 0) is 61.7 Å². The molecule has 3 heteroatoms. The molecule has 0 saturated heterocycles. The van der Waals surface area contributed by atoms with Crippen LogP contribution in [0, 0.1) is 13.8 Å². The fourth-order valence-corrected chi connectivity index (χ4v) is 2.39. The lowest BCUT2D eigenvalue weighted by Crippen LogP contribution is -2.07. The Balaban J connectivity index is 2.21. The van der Waals surface area contributed by atoms with E-state index in [2.05, 4.69) is 54.2 Å². The lowest BCUT2D eigenvalue weighted by molar-refractivity contribution is 0.474. The van der Waals surface area contributed by atoms with Gasteiger partial charge >= 0.3 is 0 Å². The van der Waals surface area contributed by atoms with Gasteiger partial charge in [-0.15, -0.1) is 0 Å². The van der Waals surface area contributed by atoms with E-state index in [0.717, 1.165) is 15.7 Å². The van der Waals surface area contributed by atoms with Crippen molar-refractivity contribution in [2.45, 2.75) is 26.8 Å². The molecule has 0 aliphatic heterocycles. The van der Waals surface area contributed by atoms with E-state index < -0.39 is 0 Å². The molecule has 0 bridgehead atoms. The summed E-state index contributed by atoms with van der Waals surface area (Å²) in [5.41, 5.74) is 4.59. The summed E-state index contributed by atoms with van der Waals surface area (Å²) < 4.78 is 1.16. The smallest absolute Gasteiger partial charge is 0.115 e. The Labute approximate surface area is 122 Å². The van der Waals surface area contributed by atoms with E-state index >= 15 is 0 Å². The highest BCUT2D eigenvalue weighted by atomic mass is 79.9. The maximum absolute atomic E-state index is 9.52. The Morgan fingerprint density at radius 1 is 1.11 bits per heavy atom. The first kappa shape index (κ1) is 13.9. The first-order valence-electron chi connectivity index (χ1n) is 6.29. The van der Waals surface area contributed by atoms with Gasteiger partial charge in [0.15, 0.2) is 0 Å². The number of aryl methyl sites for hydroxylation is 2. The molecule has 1 atom stereocenters. The molecule has 2 N–H and O–H groups in total. The number of phenols is 1. The summed E-state index contributed by atoms with van der Waals surface area (Å²) in [6, 6.07) is 11.7. The van der Waals surface area contributed by atoms with Crippen LogP contribution in [0.25, 0.3) is 0 Å². The van der Waals surface area contributed by atoms with Crippen LogP contribution in [0.1, 0.15) is 29.7 Å². The predicted octanol–water partition coefficient (Wildman–Crippen LogP) is 4.94. The Morgan fingerprint density at radius 3 is 2.32 bits per heavy atom. The van der Waals surface area contributed by atoms with E-state index in [1.165, 1.54) is 11.1 Å². The Kier molecular flexibility index (Phi) is 4.15. The van der Waals surface area contributed by atoms with Gasteiger partial charge < -0.3 is 10.4 Å². The van der Waals surface area contributed by atoms with Crippen LogP contribution in [0.4, 0.5) is 5.69 Å². The number of hydrogen-bond donors (Lipinski definition) is 2. The molecule has 0 amide bonds. The molecule has 1 unspecified atom stereocenters. The van der Waals surface area contributed by atoms with Crippen molar-refractivity contribution in [2.24, 2.45) is 0 Å². The van der Waals surface area contributed by atoms with Gasteiger partial charge in [-0.2, -0.15) is 0 Å². The second-order valence-corrected chi connectivity index (χ2v) is 5.68. The summed E-state index contributed by atoms with van der Waals surface area (Å²) in [6.45, 7) is 6.25. The van der Waals surface area contributed by atoms with E-state index in [1.54, 1.807) is 12.1 Å². The average Bonchev–Trinajstić information content (AvgIpc) is 2.36. The van der Waals surface area contributed by atoms with Crippen molar-refractivity contribution in [1.82, 2.24) is 0 Å². The number of anilines is 1. The molecular formula is C16H18BrNO. The molecule has 0 aliphatic rings. The molecule has 19 heavy (non-hydrogen) atoms. The van der Waals surface area contributed by atoms with Crippen molar-refractivity contribution in [3.63, 3.8) is 0 Å². The first-order valence-corrected chi connectivity index (χ1v) is 7.09. The third-order valence-electron chi connectivity index (χ3n) is 3.19. The zero-order valence-corrected chi connectivity index (χ0v) is 13.0. The minimum atomic E-state index is 0.145. The normalized spacial score (nSPS) is 12.2. The van der Waals surface area contributed by atoms with E-state index in [9.17, 15) is 5.11 Å². The SMILES string of the molecule is Cc1cc(NC(C)c2cccc(O)c2)cc(C)c1Br. The van der Waals surface area contributed by atoms with Gasteiger partial charge in [0.05, 0.1) is 0 Å². The molecule has 2 aromatic rings. The maximum Gasteiger partial charge on any atom is 0.115 e. The van der Waals surface area contributed by atoms with Crippen LogP contribution in [-0.2, 0) is 0 Å². The fourth-order valence-electron chi connectivity index (χ4n) is 2.16. The van der Waals surface area contributed by atoms with Crippen LogP contribution in [0.5, 0.6) is 5.75 Å². The van der Waals surface area contributed by atoms with Crippen LogP contribution in [0.15, 0.2) is 40.9 Å². The summed E-state index contributed by atoms with van der Waals surface area (Å²) in [7, 11) is 0.